The van der Waals surface area contributed by atoms with E-state index in [4.69, 9.17) is 0 Å². The quantitative estimate of drug-likeness (QED) is 0.242. The van der Waals surface area contributed by atoms with Crippen molar-refractivity contribution in [3.63, 3.8) is 0 Å². The topological polar surface area (TPSA) is 34.1 Å². The van der Waals surface area contributed by atoms with Crippen LogP contribution in [0, 0.1) is 251 Å². The van der Waals surface area contributed by atoms with Crippen LogP contribution in [-0.2, 0) is 9.59 Å². The van der Waals surface area contributed by atoms with Crippen LogP contribution in [0.2, 0.25) is 0 Å². The van der Waals surface area contributed by atoms with E-state index in [1.165, 1.54) is 38.5 Å². The summed E-state index contributed by atoms with van der Waals surface area (Å²) in [4.78, 5) is 27.5. The maximum absolute atomic E-state index is 13.8. The summed E-state index contributed by atoms with van der Waals surface area (Å²) in [6.07, 6.45) is 8.73. The van der Waals surface area contributed by atoms with Crippen LogP contribution in [0.3, 0.4) is 0 Å². The highest BCUT2D eigenvalue weighted by Crippen LogP contribution is 2.77. The molecule has 0 aromatic rings. The summed E-state index contributed by atoms with van der Waals surface area (Å²) in [5.74, 6) is 17.8. The zero-order chi connectivity index (χ0) is 85.4. The number of Topliss-reactive ketones (excluding diaryl/α,β-unsaturated/α-hetero) is 2. The van der Waals surface area contributed by atoms with Gasteiger partial charge in [-0.2, -0.15) is 0 Å². The van der Waals surface area contributed by atoms with Gasteiger partial charge in [0.1, 0.15) is 11.6 Å². The first-order chi connectivity index (χ1) is 46.9. The van der Waals surface area contributed by atoms with Gasteiger partial charge in [0.2, 0.25) is 0 Å². The first-order valence-electron chi connectivity index (χ1n) is 46.0. The van der Waals surface area contributed by atoms with Crippen molar-refractivity contribution in [2.45, 2.75) is 412 Å². The average Bonchev–Trinajstić information content (AvgIpc) is 1.03. The number of rotatable bonds is 0. The number of hydrogen-bond acceptors (Lipinski definition) is 2. The Labute approximate surface area is 680 Å². The van der Waals surface area contributed by atoms with Gasteiger partial charge in [-0.25, -0.2) is 0 Å². The van der Waals surface area contributed by atoms with Crippen LogP contribution < -0.4 is 0 Å². The molecule has 2 nitrogen and oxygen atoms in total. The van der Waals surface area contributed by atoms with Crippen molar-refractivity contribution >= 4 is 11.6 Å². The van der Waals surface area contributed by atoms with Crippen molar-refractivity contribution in [1.29, 1.82) is 0 Å². The molecule has 0 saturated heterocycles. The van der Waals surface area contributed by atoms with Crippen LogP contribution in [0.4, 0.5) is 0 Å². The van der Waals surface area contributed by atoms with Crippen LogP contribution in [0.1, 0.15) is 412 Å². The van der Waals surface area contributed by atoms with Gasteiger partial charge < -0.3 is 0 Å². The number of carbonyl (C=O) groups excluding carboxylic acids is 2. The summed E-state index contributed by atoms with van der Waals surface area (Å²) in [6, 6.07) is 0. The van der Waals surface area contributed by atoms with Crippen LogP contribution >= 0.6 is 0 Å². The van der Waals surface area contributed by atoms with E-state index in [2.05, 4.69) is 374 Å². The summed E-state index contributed by atoms with van der Waals surface area (Å²) >= 11 is 0. The zero-order valence-corrected chi connectivity index (χ0v) is 84.1. The van der Waals surface area contributed by atoms with Gasteiger partial charge in [0.15, 0.2) is 0 Å². The third kappa shape index (κ3) is 20.7. The van der Waals surface area contributed by atoms with Gasteiger partial charge in [0.05, 0.1) is 0 Å². The highest BCUT2D eigenvalue weighted by atomic mass is 16.1. The van der Waals surface area contributed by atoms with Crippen molar-refractivity contribution < 1.29 is 9.59 Å². The lowest BCUT2D eigenvalue weighted by Gasteiger charge is -2.75. The molecule has 0 spiro atoms. The maximum Gasteiger partial charge on any atom is 0.140 e. The Balaban J connectivity index is 0.000000260. The normalized spacial score (nSPS) is 37.5. The van der Waals surface area contributed by atoms with E-state index < -0.39 is 0 Å². The van der Waals surface area contributed by atoms with Crippen LogP contribution in [0.25, 0.3) is 0 Å². The molecule has 9 aliphatic rings. The standard InChI is InChI=1S/C32H62.C26H50.C24H42O2.C24H46/c1-27(2,3)21-19-23(29(7,8)9)25(31(13,14)15)20(22(21)28(4,5)6)26(32(16,17)18)24(19)30(10,11)12;1-23(2,3)17-13-19-20(21(15-17)25(7,8)9)14-18(24(4,5)6)16-22(19)26(10,11)12;1-21(2,3)15-13-14(17(19(15)25)23(7,8)9)18(24(10,11)12)20(26)16(13)22(4,5)6;1-21(2,3)15-13-16(22(4,5)6)20-18(24(10,11)12)14-17(19(15)20)23(7,8)9/h19-26H,1-18H3;17-22H,13-16H2,1-12H3;13-18H,1-12H3;15-20H,13-14H2,1-12H3. The Bertz CT molecular complexity index is 2580. The highest BCUT2D eigenvalue weighted by molar-refractivity contribution is 5.96. The van der Waals surface area contributed by atoms with Crippen LogP contribution in [-0.4, -0.2) is 11.6 Å². The van der Waals surface area contributed by atoms with Crippen molar-refractivity contribution in [3.8, 4) is 0 Å². The average molecular weight is 1510 g/mol. The fourth-order valence-electron chi connectivity index (χ4n) is 28.9. The first-order valence-corrected chi connectivity index (χ1v) is 46.0. The molecule has 0 radical (unpaired) electrons. The third-order valence-electron chi connectivity index (χ3n) is 32.8. The van der Waals surface area contributed by atoms with Gasteiger partial charge in [-0.3, -0.25) is 9.59 Å². The second kappa shape index (κ2) is 30.3. The van der Waals surface area contributed by atoms with Crippen molar-refractivity contribution in [2.24, 2.45) is 251 Å². The number of fused-ring (bicyclic) bond motifs is 6. The second-order valence-electron chi connectivity index (χ2n) is 59.7. The molecule has 9 aliphatic carbocycles. The molecule has 2 bridgehead atoms. The van der Waals surface area contributed by atoms with Crippen molar-refractivity contribution in [2.75, 3.05) is 0 Å². The van der Waals surface area contributed by atoms with Crippen molar-refractivity contribution in [1.82, 2.24) is 0 Å². The third-order valence-corrected chi connectivity index (χ3v) is 32.8. The minimum absolute atomic E-state index is 0.0303. The maximum atomic E-state index is 13.8. The van der Waals surface area contributed by atoms with E-state index in [0.717, 1.165) is 118 Å². The zero-order valence-electron chi connectivity index (χ0n) is 84.1. The monoisotopic (exact) mass is 1510 g/mol. The molecule has 0 N–H and O–H groups in total. The molecule has 0 aliphatic heterocycles. The predicted molar refractivity (Wildman–Crippen MR) is 479 cm³/mol. The summed E-state index contributed by atoms with van der Waals surface area (Å²) in [7, 11) is 0. The van der Waals surface area contributed by atoms with Gasteiger partial charge in [-0.05, 0) is 266 Å². The van der Waals surface area contributed by atoms with E-state index in [1.54, 1.807) is 0 Å². The van der Waals surface area contributed by atoms with Gasteiger partial charge in [-0.1, -0.05) is 374 Å². The van der Waals surface area contributed by atoms with Crippen LogP contribution in [0.5, 0.6) is 0 Å². The summed E-state index contributed by atoms with van der Waals surface area (Å²) < 4.78 is 0. The second-order valence-corrected chi connectivity index (χ2v) is 59.7. The van der Waals surface area contributed by atoms with E-state index in [9.17, 15) is 9.59 Å². The van der Waals surface area contributed by atoms with Crippen molar-refractivity contribution in [3.05, 3.63) is 0 Å². The van der Waals surface area contributed by atoms with E-state index in [1.807, 2.05) is 0 Å². The molecule has 0 aromatic carbocycles. The predicted octanol–water partition coefficient (Wildman–Crippen LogP) is 32.4. The Morgan fingerprint density at radius 3 is 0.435 bits per heavy atom. The Morgan fingerprint density at radius 2 is 0.315 bits per heavy atom. The smallest absolute Gasteiger partial charge is 0.140 e. The Kier molecular flexibility index (Phi) is 27.5. The molecule has 0 amide bonds. The Morgan fingerprint density at radius 1 is 0.157 bits per heavy atom. The molecule has 20 atom stereocenters. The molecular formula is C106H200O2. The Hall–Kier alpha value is -0.660. The largest absolute Gasteiger partial charge is 0.299 e. The van der Waals surface area contributed by atoms with Crippen LogP contribution in [0.15, 0.2) is 0 Å². The summed E-state index contributed by atoms with van der Waals surface area (Å²) in [5, 5.41) is 0. The minimum Gasteiger partial charge on any atom is -0.299 e. The number of ketones is 2. The molecule has 9 saturated carbocycles. The molecule has 2 heteroatoms. The van der Waals surface area contributed by atoms with E-state index in [-0.39, 0.29) is 57.2 Å². The molecule has 108 heavy (non-hydrogen) atoms. The number of carbonyl (C=O) groups is 2. The van der Waals surface area contributed by atoms with Gasteiger partial charge in [0, 0.05) is 23.7 Å². The molecule has 20 unspecified atom stereocenters. The lowest BCUT2D eigenvalue weighted by molar-refractivity contribution is -0.281. The van der Waals surface area contributed by atoms with Gasteiger partial charge >= 0.3 is 0 Å². The fourth-order valence-corrected chi connectivity index (χ4v) is 28.9. The minimum atomic E-state index is -0.115. The lowest BCUT2D eigenvalue weighted by atomic mass is 9.29. The summed E-state index contributed by atoms with van der Waals surface area (Å²) in [6.45, 7) is 133. The van der Waals surface area contributed by atoms with E-state index in [0.29, 0.717) is 87.4 Å². The van der Waals surface area contributed by atoms with Gasteiger partial charge in [0.25, 0.3) is 0 Å². The highest BCUT2D eigenvalue weighted by Gasteiger charge is 2.73. The van der Waals surface area contributed by atoms with E-state index >= 15 is 0 Å². The molecule has 9 rings (SSSR count). The molecule has 0 aromatic heterocycles. The lowest BCUT2D eigenvalue weighted by Crippen LogP contribution is -2.71. The fraction of sp³-hybridized carbons (Fsp3) is 0.981. The van der Waals surface area contributed by atoms with Gasteiger partial charge in [-0.15, -0.1) is 0 Å². The first kappa shape index (κ1) is 97.9. The molecule has 636 valence electrons. The molecule has 0 heterocycles. The SMILES string of the molecule is CC(C)(C)C1C(=O)C(C(C)(C)C)C2C1C(C(C)(C)C)C(=O)C2C(C)(C)C.CC(C)(C)C1C2C(C(C)(C)C)C(C(C)(C)C)C(C1C(C)(C)C)C(C(C)(C)C)C2C(C)(C)C.CC(C)(C)C1CC(C(C)(C)C)C2C1C(C(C)(C)C)CC2C(C)(C)C.CC(C)(C)C1CC2C(CC(C(C)(C)C)CC2C(C)(C)C)C(C(C)(C)C)C1. The molecule has 9 fully saturated rings. The summed E-state index contributed by atoms with van der Waals surface area (Å²) in [5.41, 5.74) is 4.91. The molecular weight excluding hydrogens is 1310 g/mol. The number of hydrogen-bond donors (Lipinski definition) is 0.